The quantitative estimate of drug-likeness (QED) is 0.779. The SMILES string of the molecule is CCCNC1(C(=O)OCC)CCC(Sc2cccs2)C1. The van der Waals surface area contributed by atoms with Crippen molar-refractivity contribution >= 4 is 29.1 Å². The molecule has 1 aromatic heterocycles. The van der Waals surface area contributed by atoms with Crippen LogP contribution in [-0.4, -0.2) is 29.9 Å². The largest absolute Gasteiger partial charge is 0.465 e. The first-order valence-corrected chi connectivity index (χ1v) is 9.08. The highest BCUT2D eigenvalue weighted by Crippen LogP contribution is 2.42. The van der Waals surface area contributed by atoms with Crippen LogP contribution in [0.3, 0.4) is 0 Å². The summed E-state index contributed by atoms with van der Waals surface area (Å²) in [7, 11) is 0. The van der Waals surface area contributed by atoms with E-state index in [-0.39, 0.29) is 5.97 Å². The molecule has 1 aliphatic rings. The van der Waals surface area contributed by atoms with Gasteiger partial charge in [0.25, 0.3) is 0 Å². The maximum absolute atomic E-state index is 12.3. The number of rotatable bonds is 7. The number of carbonyl (C=O) groups excluding carboxylic acids is 1. The second-order valence-electron chi connectivity index (χ2n) is 5.14. The van der Waals surface area contributed by atoms with Crippen LogP contribution in [0.5, 0.6) is 0 Å². The molecule has 2 unspecified atom stereocenters. The van der Waals surface area contributed by atoms with Gasteiger partial charge >= 0.3 is 5.97 Å². The molecule has 1 heterocycles. The number of thiophene rings is 1. The lowest BCUT2D eigenvalue weighted by atomic mass is 9.97. The van der Waals surface area contributed by atoms with Gasteiger partial charge in [-0.05, 0) is 50.6 Å². The standard InChI is InChI=1S/C15H23NO2S2/c1-3-9-16-15(14(17)18-4-2)8-7-12(11-15)20-13-6-5-10-19-13/h5-6,10,12,16H,3-4,7-9,11H2,1-2H3. The minimum Gasteiger partial charge on any atom is -0.465 e. The Morgan fingerprint density at radius 1 is 1.60 bits per heavy atom. The van der Waals surface area contributed by atoms with Gasteiger partial charge in [-0.1, -0.05) is 13.0 Å². The molecule has 5 heteroatoms. The molecule has 1 saturated carbocycles. The second kappa shape index (κ2) is 7.48. The van der Waals surface area contributed by atoms with Gasteiger partial charge in [-0.2, -0.15) is 0 Å². The molecule has 1 aliphatic carbocycles. The molecule has 112 valence electrons. The molecule has 2 rings (SSSR count). The van der Waals surface area contributed by atoms with Gasteiger partial charge in [-0.25, -0.2) is 0 Å². The molecule has 20 heavy (non-hydrogen) atoms. The van der Waals surface area contributed by atoms with E-state index < -0.39 is 5.54 Å². The zero-order valence-corrected chi connectivity index (χ0v) is 13.8. The van der Waals surface area contributed by atoms with Crippen molar-refractivity contribution in [3.05, 3.63) is 17.5 Å². The van der Waals surface area contributed by atoms with Crippen molar-refractivity contribution in [2.45, 2.75) is 54.5 Å². The van der Waals surface area contributed by atoms with Crippen molar-refractivity contribution in [2.24, 2.45) is 0 Å². The Balaban J connectivity index is 2.00. The first-order valence-electron chi connectivity index (χ1n) is 7.32. The highest BCUT2D eigenvalue weighted by molar-refractivity contribution is 8.01. The van der Waals surface area contributed by atoms with Crippen molar-refractivity contribution < 1.29 is 9.53 Å². The van der Waals surface area contributed by atoms with E-state index in [1.165, 1.54) is 4.21 Å². The van der Waals surface area contributed by atoms with Crippen molar-refractivity contribution in [3.8, 4) is 0 Å². The molecule has 1 aromatic rings. The summed E-state index contributed by atoms with van der Waals surface area (Å²) < 4.78 is 6.64. The average molecular weight is 313 g/mol. The van der Waals surface area contributed by atoms with Crippen LogP contribution in [0.2, 0.25) is 0 Å². The number of carbonyl (C=O) groups is 1. The van der Waals surface area contributed by atoms with Crippen LogP contribution in [0, 0.1) is 0 Å². The summed E-state index contributed by atoms with van der Waals surface area (Å²) in [6.07, 6.45) is 3.85. The van der Waals surface area contributed by atoms with E-state index in [2.05, 4.69) is 29.8 Å². The number of nitrogens with one attached hydrogen (secondary N) is 1. The van der Waals surface area contributed by atoms with Crippen LogP contribution in [0.15, 0.2) is 21.7 Å². The lowest BCUT2D eigenvalue weighted by Crippen LogP contribution is -2.51. The molecule has 0 spiro atoms. The Hall–Kier alpha value is -0.520. The van der Waals surface area contributed by atoms with E-state index in [1.54, 1.807) is 11.3 Å². The van der Waals surface area contributed by atoms with E-state index in [9.17, 15) is 4.79 Å². The number of esters is 1. The van der Waals surface area contributed by atoms with E-state index in [4.69, 9.17) is 4.74 Å². The average Bonchev–Trinajstić information content (AvgIpc) is 3.08. The fourth-order valence-electron chi connectivity index (χ4n) is 2.65. The van der Waals surface area contributed by atoms with Gasteiger partial charge in [0, 0.05) is 5.25 Å². The highest BCUT2D eigenvalue weighted by atomic mass is 32.2. The summed E-state index contributed by atoms with van der Waals surface area (Å²) >= 11 is 3.67. The predicted molar refractivity (Wildman–Crippen MR) is 85.5 cm³/mol. The highest BCUT2D eigenvalue weighted by Gasteiger charge is 2.46. The first-order chi connectivity index (χ1) is 9.70. The van der Waals surface area contributed by atoms with Gasteiger partial charge in [-0.3, -0.25) is 4.79 Å². The smallest absolute Gasteiger partial charge is 0.326 e. The molecule has 0 bridgehead atoms. The molecular formula is C15H23NO2S2. The topological polar surface area (TPSA) is 38.3 Å². The summed E-state index contributed by atoms with van der Waals surface area (Å²) in [5.74, 6) is -0.0669. The van der Waals surface area contributed by atoms with Gasteiger partial charge in [0.15, 0.2) is 0 Å². The molecular weight excluding hydrogens is 290 g/mol. The first kappa shape index (κ1) is 15.9. The minimum atomic E-state index is -0.457. The molecule has 2 atom stereocenters. The molecule has 0 saturated heterocycles. The fraction of sp³-hybridized carbons (Fsp3) is 0.667. The fourth-order valence-corrected chi connectivity index (χ4v) is 4.98. The monoisotopic (exact) mass is 313 g/mol. The van der Waals surface area contributed by atoms with Crippen LogP contribution in [0.4, 0.5) is 0 Å². The number of hydrogen-bond donors (Lipinski definition) is 1. The zero-order valence-electron chi connectivity index (χ0n) is 12.2. The van der Waals surface area contributed by atoms with Crippen LogP contribution in [0.25, 0.3) is 0 Å². The Labute approximate surface area is 129 Å². The summed E-state index contributed by atoms with van der Waals surface area (Å²) in [6, 6.07) is 4.23. The Kier molecular flexibility index (Phi) is 5.93. The van der Waals surface area contributed by atoms with Crippen LogP contribution >= 0.6 is 23.1 Å². The summed E-state index contributed by atoms with van der Waals surface area (Å²) in [4.78, 5) is 12.3. The van der Waals surface area contributed by atoms with Gasteiger partial charge in [0.2, 0.25) is 0 Å². The molecule has 1 N–H and O–H groups in total. The normalized spacial score (nSPS) is 25.8. The number of hydrogen-bond acceptors (Lipinski definition) is 5. The van der Waals surface area contributed by atoms with E-state index in [0.717, 1.165) is 32.2 Å². The Morgan fingerprint density at radius 3 is 3.10 bits per heavy atom. The molecule has 0 amide bonds. The summed E-state index contributed by atoms with van der Waals surface area (Å²) in [5, 5.41) is 6.06. The van der Waals surface area contributed by atoms with Crippen LogP contribution in [0.1, 0.15) is 39.5 Å². The van der Waals surface area contributed by atoms with E-state index in [1.807, 2.05) is 18.7 Å². The van der Waals surface area contributed by atoms with Gasteiger partial charge in [0.05, 0.1) is 10.8 Å². The molecule has 0 radical (unpaired) electrons. The maximum atomic E-state index is 12.3. The number of ether oxygens (including phenoxy) is 1. The van der Waals surface area contributed by atoms with Crippen molar-refractivity contribution in [3.63, 3.8) is 0 Å². The maximum Gasteiger partial charge on any atom is 0.326 e. The van der Waals surface area contributed by atoms with Crippen LogP contribution < -0.4 is 5.32 Å². The minimum absolute atomic E-state index is 0.0669. The van der Waals surface area contributed by atoms with Crippen LogP contribution in [-0.2, 0) is 9.53 Å². The Bertz CT molecular complexity index is 422. The van der Waals surface area contributed by atoms with Crippen molar-refractivity contribution in [1.29, 1.82) is 0 Å². The predicted octanol–water partition coefficient (Wildman–Crippen LogP) is 3.69. The van der Waals surface area contributed by atoms with Crippen molar-refractivity contribution in [2.75, 3.05) is 13.2 Å². The zero-order chi connectivity index (χ0) is 14.4. The summed E-state index contributed by atoms with van der Waals surface area (Å²) in [5.41, 5.74) is -0.457. The third-order valence-electron chi connectivity index (χ3n) is 3.63. The van der Waals surface area contributed by atoms with Gasteiger partial charge < -0.3 is 10.1 Å². The molecule has 0 aliphatic heterocycles. The second-order valence-corrected chi connectivity index (χ2v) is 7.69. The summed E-state index contributed by atoms with van der Waals surface area (Å²) in [6.45, 7) is 5.32. The van der Waals surface area contributed by atoms with Gasteiger partial charge in [-0.15, -0.1) is 23.1 Å². The molecule has 0 aromatic carbocycles. The Morgan fingerprint density at radius 2 is 2.45 bits per heavy atom. The molecule has 3 nitrogen and oxygen atoms in total. The third-order valence-corrected chi connectivity index (χ3v) is 5.97. The van der Waals surface area contributed by atoms with Crippen molar-refractivity contribution in [1.82, 2.24) is 5.32 Å². The van der Waals surface area contributed by atoms with E-state index >= 15 is 0 Å². The lowest BCUT2D eigenvalue weighted by molar-refractivity contribution is -0.151. The number of thioether (sulfide) groups is 1. The molecule has 1 fully saturated rings. The van der Waals surface area contributed by atoms with Gasteiger partial charge in [0.1, 0.15) is 5.54 Å². The van der Waals surface area contributed by atoms with E-state index in [0.29, 0.717) is 11.9 Å². The lowest BCUT2D eigenvalue weighted by Gasteiger charge is -2.28. The third kappa shape index (κ3) is 3.77.